The third-order valence-corrected chi connectivity index (χ3v) is 4.92. The van der Waals surface area contributed by atoms with E-state index in [0.29, 0.717) is 5.75 Å². The van der Waals surface area contributed by atoms with Crippen LogP contribution in [0.2, 0.25) is 0 Å². The van der Waals surface area contributed by atoms with Gasteiger partial charge in [-0.2, -0.15) is 5.10 Å². The van der Waals surface area contributed by atoms with E-state index in [1.54, 1.807) is 0 Å². The fourth-order valence-corrected chi connectivity index (χ4v) is 3.18. The zero-order chi connectivity index (χ0) is 18.7. The maximum Gasteiger partial charge on any atom is 0.262 e. The molecule has 134 valence electrons. The summed E-state index contributed by atoms with van der Waals surface area (Å²) in [5.74, 6) is 0.492. The van der Waals surface area contributed by atoms with Crippen LogP contribution in [0, 0.1) is 24.3 Å². The molecule has 0 unspecified atom stereocenters. The Morgan fingerprint density at radius 1 is 1.12 bits per heavy atom. The molecule has 0 bridgehead atoms. The lowest BCUT2D eigenvalue weighted by atomic mass is 10.2. The maximum absolute atomic E-state index is 12.3. The van der Waals surface area contributed by atoms with Crippen LogP contribution in [0.1, 0.15) is 17.0 Å². The molecule has 6 heteroatoms. The monoisotopic (exact) mass is 461 g/mol. The Hall–Kier alpha value is -2.35. The van der Waals surface area contributed by atoms with Gasteiger partial charge in [-0.25, -0.2) is 4.68 Å². The first kappa shape index (κ1) is 18.4. The highest BCUT2D eigenvalue weighted by molar-refractivity contribution is 14.1. The van der Waals surface area contributed by atoms with Crippen molar-refractivity contribution in [3.63, 3.8) is 0 Å². The van der Waals surface area contributed by atoms with E-state index in [9.17, 15) is 4.79 Å². The van der Waals surface area contributed by atoms with E-state index < -0.39 is 0 Å². The highest BCUT2D eigenvalue weighted by atomic mass is 127. The molecule has 1 amide bonds. The fourth-order valence-electron chi connectivity index (χ4n) is 2.64. The van der Waals surface area contributed by atoms with Crippen LogP contribution in [-0.4, -0.2) is 22.3 Å². The number of para-hydroxylation sites is 1. The zero-order valence-corrected chi connectivity index (χ0v) is 17.1. The summed E-state index contributed by atoms with van der Waals surface area (Å²) in [6, 6.07) is 15.7. The first-order valence-electron chi connectivity index (χ1n) is 8.26. The largest absolute Gasteiger partial charge is 0.483 e. The molecule has 3 aromatic rings. The Morgan fingerprint density at radius 2 is 1.81 bits per heavy atom. The SMILES string of the molecule is Cc1ccc(-n2nc(C)c(NC(=O)COc3ccccc3I)c2C)cc1. The van der Waals surface area contributed by atoms with Gasteiger partial charge in [-0.3, -0.25) is 4.79 Å². The summed E-state index contributed by atoms with van der Waals surface area (Å²) < 4.78 is 8.42. The fraction of sp³-hybridized carbons (Fsp3) is 0.200. The van der Waals surface area contributed by atoms with Crippen molar-refractivity contribution >= 4 is 34.2 Å². The number of carbonyl (C=O) groups is 1. The minimum atomic E-state index is -0.209. The average Bonchev–Trinajstić information content (AvgIpc) is 2.90. The second-order valence-corrected chi connectivity index (χ2v) is 7.22. The van der Waals surface area contributed by atoms with Gasteiger partial charge in [-0.1, -0.05) is 29.8 Å². The van der Waals surface area contributed by atoms with Gasteiger partial charge in [0, 0.05) is 0 Å². The number of nitrogens with zero attached hydrogens (tertiary/aromatic N) is 2. The van der Waals surface area contributed by atoms with Gasteiger partial charge in [0.05, 0.1) is 26.3 Å². The first-order chi connectivity index (χ1) is 12.5. The van der Waals surface area contributed by atoms with Crippen LogP contribution in [0.15, 0.2) is 48.5 Å². The first-order valence-corrected chi connectivity index (χ1v) is 9.34. The van der Waals surface area contributed by atoms with Crippen molar-refractivity contribution in [2.24, 2.45) is 0 Å². The Balaban J connectivity index is 1.72. The summed E-state index contributed by atoms with van der Waals surface area (Å²) in [5, 5.41) is 7.48. The number of rotatable bonds is 5. The number of benzene rings is 2. The molecule has 1 aromatic heterocycles. The second-order valence-electron chi connectivity index (χ2n) is 6.06. The van der Waals surface area contributed by atoms with Gasteiger partial charge >= 0.3 is 0 Å². The van der Waals surface area contributed by atoms with Crippen molar-refractivity contribution < 1.29 is 9.53 Å². The predicted molar refractivity (Wildman–Crippen MR) is 111 cm³/mol. The number of nitrogens with one attached hydrogen (secondary N) is 1. The van der Waals surface area contributed by atoms with E-state index in [-0.39, 0.29) is 12.5 Å². The van der Waals surface area contributed by atoms with Gasteiger partial charge in [0.1, 0.15) is 5.75 Å². The second kappa shape index (κ2) is 7.90. The van der Waals surface area contributed by atoms with Crippen molar-refractivity contribution in [3.8, 4) is 11.4 Å². The van der Waals surface area contributed by atoms with Crippen LogP contribution >= 0.6 is 22.6 Å². The molecule has 0 atom stereocenters. The van der Waals surface area contributed by atoms with Crippen LogP contribution in [-0.2, 0) is 4.79 Å². The summed E-state index contributed by atoms with van der Waals surface area (Å²) >= 11 is 2.18. The van der Waals surface area contributed by atoms with Gasteiger partial charge in [0.25, 0.3) is 5.91 Å². The molecule has 3 rings (SSSR count). The summed E-state index contributed by atoms with van der Waals surface area (Å²) in [5.41, 5.74) is 4.53. The molecule has 2 aromatic carbocycles. The Kier molecular flexibility index (Phi) is 5.61. The molecule has 1 heterocycles. The van der Waals surface area contributed by atoms with E-state index in [2.05, 4.69) is 33.0 Å². The summed E-state index contributed by atoms with van der Waals surface area (Å²) in [7, 11) is 0. The highest BCUT2D eigenvalue weighted by Crippen LogP contribution is 2.23. The molecular weight excluding hydrogens is 441 g/mol. The molecule has 0 aliphatic heterocycles. The number of hydrogen-bond donors (Lipinski definition) is 1. The van der Waals surface area contributed by atoms with Crippen LogP contribution in [0.25, 0.3) is 5.69 Å². The average molecular weight is 461 g/mol. The van der Waals surface area contributed by atoms with Gasteiger partial charge in [-0.15, -0.1) is 0 Å². The molecule has 5 nitrogen and oxygen atoms in total. The lowest BCUT2D eigenvalue weighted by molar-refractivity contribution is -0.118. The van der Waals surface area contributed by atoms with Crippen molar-refractivity contribution in [1.29, 1.82) is 0 Å². The molecule has 0 fully saturated rings. The molecule has 26 heavy (non-hydrogen) atoms. The van der Waals surface area contributed by atoms with Gasteiger partial charge < -0.3 is 10.1 Å². The van der Waals surface area contributed by atoms with E-state index in [0.717, 1.165) is 26.3 Å². The number of carbonyl (C=O) groups excluding carboxylic acids is 1. The number of aryl methyl sites for hydroxylation is 2. The zero-order valence-electron chi connectivity index (χ0n) is 14.9. The lowest BCUT2D eigenvalue weighted by Crippen LogP contribution is -2.21. The third kappa shape index (κ3) is 4.07. The summed E-state index contributed by atoms with van der Waals surface area (Å²) in [4.78, 5) is 12.3. The number of ether oxygens (including phenoxy) is 1. The Labute approximate surface area is 166 Å². The smallest absolute Gasteiger partial charge is 0.262 e. The number of aromatic nitrogens is 2. The molecule has 0 saturated heterocycles. The molecule has 0 aliphatic carbocycles. The molecule has 0 spiro atoms. The van der Waals surface area contributed by atoms with E-state index in [1.165, 1.54) is 5.56 Å². The van der Waals surface area contributed by atoms with E-state index >= 15 is 0 Å². The number of anilines is 1. The topological polar surface area (TPSA) is 56.2 Å². The van der Waals surface area contributed by atoms with Crippen LogP contribution in [0.5, 0.6) is 5.75 Å². The van der Waals surface area contributed by atoms with Crippen molar-refractivity contribution in [3.05, 3.63) is 69.1 Å². The molecular formula is C20H20IN3O2. The molecule has 0 saturated carbocycles. The quantitative estimate of drug-likeness (QED) is 0.573. The minimum absolute atomic E-state index is 0.0470. The number of halogens is 1. The Morgan fingerprint density at radius 3 is 2.50 bits per heavy atom. The van der Waals surface area contributed by atoms with Gasteiger partial charge in [-0.05, 0) is 67.6 Å². The van der Waals surface area contributed by atoms with Crippen molar-refractivity contribution in [2.75, 3.05) is 11.9 Å². The molecule has 1 N–H and O–H groups in total. The Bertz CT molecular complexity index is 933. The molecule has 0 radical (unpaired) electrons. The third-order valence-electron chi connectivity index (χ3n) is 4.03. The van der Waals surface area contributed by atoms with Gasteiger partial charge in [0.15, 0.2) is 6.61 Å². The maximum atomic E-state index is 12.3. The predicted octanol–water partition coefficient (Wildman–Crippen LogP) is 4.42. The van der Waals surface area contributed by atoms with E-state index in [4.69, 9.17) is 4.74 Å². The lowest BCUT2D eigenvalue weighted by Gasteiger charge is -2.09. The summed E-state index contributed by atoms with van der Waals surface area (Å²) in [6.45, 7) is 5.82. The minimum Gasteiger partial charge on any atom is -0.483 e. The molecule has 0 aliphatic rings. The standard InChI is InChI=1S/C20H20IN3O2/c1-13-8-10-16(11-9-13)24-15(3)20(14(2)23-24)22-19(25)12-26-18-7-5-4-6-17(18)21/h4-11H,12H2,1-3H3,(H,22,25). The van der Waals surface area contributed by atoms with Crippen LogP contribution in [0.4, 0.5) is 5.69 Å². The van der Waals surface area contributed by atoms with Crippen LogP contribution < -0.4 is 10.1 Å². The summed E-state index contributed by atoms with van der Waals surface area (Å²) in [6.07, 6.45) is 0. The van der Waals surface area contributed by atoms with Gasteiger partial charge in [0.2, 0.25) is 0 Å². The van der Waals surface area contributed by atoms with Crippen molar-refractivity contribution in [2.45, 2.75) is 20.8 Å². The number of amides is 1. The van der Waals surface area contributed by atoms with Crippen LogP contribution in [0.3, 0.4) is 0 Å². The highest BCUT2D eigenvalue weighted by Gasteiger charge is 2.15. The van der Waals surface area contributed by atoms with E-state index in [1.807, 2.05) is 74.0 Å². The number of hydrogen-bond acceptors (Lipinski definition) is 3. The normalized spacial score (nSPS) is 10.6. The van der Waals surface area contributed by atoms with Crippen molar-refractivity contribution in [1.82, 2.24) is 9.78 Å².